The zero-order valence-electron chi connectivity index (χ0n) is 77.4. The quantitative estimate of drug-likeness (QED) is 0.0106. The van der Waals surface area contributed by atoms with Crippen LogP contribution in [0.2, 0.25) is 0 Å². The van der Waals surface area contributed by atoms with Gasteiger partial charge in [0.2, 0.25) is 29.2 Å². The number of rotatable bonds is 32. The molecule has 10 heterocycles. The molecule has 0 unspecified atom stereocenters. The molecule has 141 heavy (non-hydrogen) atoms. The monoisotopic (exact) mass is 2200 g/mol. The molecule has 0 radical (unpaired) electrons. The molecule has 41 nitrogen and oxygen atoms in total. The van der Waals surface area contributed by atoms with E-state index in [9.17, 15) is 91.8 Å². The maximum Gasteiger partial charge on any atom is 0.306 e. The highest BCUT2D eigenvalue weighted by Crippen LogP contribution is 2.41. The number of anilines is 6. The van der Waals surface area contributed by atoms with Crippen molar-refractivity contribution in [1.82, 2.24) is 88.6 Å². The summed E-state index contributed by atoms with van der Waals surface area (Å²) >= 11 is 3.78. The summed E-state index contributed by atoms with van der Waals surface area (Å²) in [5.41, 5.74) is -2.91. The standard InChI is InChI=1S/C46H50F2IN11O9.C25H33N7O3.C21H19F2IN4O7.CH4.ClH/c1-6-50-44(66)43-55-54-41(30-18-29(24(2)3)33(62)19-34(30)63)60(43)27-8-10-35(51-20-27)56(4)26-13-15-58(16-14-26)36(64)11-12-37(65)69-22-28(61)21-59-23-52-42-38(45(59)67)40(39(48)46(68)57(42)5)53-32-9-7-25(49)17-31(32)47;1-5-27-25(35)24-30-29-23(19-12-18(15(2)3)20(33)13-21(19)34)32(24)17-6-7-22(28-14-17)31(4)16-8-10-26-11-9-16;1-27-19-16(18(17(23)21(27)34)26-13-3-2-10(24)6-12(13)22)20(33)28(9-25-19)7-11(29)8-35-15(32)5-4-14(30)31;;/h7-10,17-20,23-24,26,28,53,61-63H,6,11-16,21-22H2,1-5H3,(H,50,66);6-7,12-16,26,33-34H,5,8-11H2,1-4H3,(H,27,35);2-3,6,9,11,26,29H,4-5,7-8H2,1H3,(H,30,31);1H4;1H/t28-;;11-;;/m1.1../s1. The Kier molecular flexibility index (Phi) is 37.5. The van der Waals surface area contributed by atoms with E-state index in [1.54, 1.807) is 59.1 Å². The minimum absolute atomic E-state index is 0. The third-order valence-electron chi connectivity index (χ3n) is 23.1. The average Bonchev–Trinajstić information content (AvgIpc) is 1.56. The van der Waals surface area contributed by atoms with Crippen LogP contribution < -0.4 is 58.6 Å². The van der Waals surface area contributed by atoms with Crippen molar-refractivity contribution < 1.29 is 91.5 Å². The summed E-state index contributed by atoms with van der Waals surface area (Å²) in [6, 6.07) is 21.7. The normalized spacial score (nSPS) is 13.1. The highest BCUT2D eigenvalue weighted by Gasteiger charge is 2.33. The lowest BCUT2D eigenvalue weighted by atomic mass is 9.98. The smallest absolute Gasteiger partial charge is 0.306 e. The van der Waals surface area contributed by atoms with Crippen molar-refractivity contribution in [3.63, 3.8) is 0 Å². The number of nitrogens with one attached hydrogen (secondary N) is 5. The van der Waals surface area contributed by atoms with Gasteiger partial charge in [0, 0.05) is 92.1 Å². The maximum atomic E-state index is 15.4. The van der Waals surface area contributed by atoms with Gasteiger partial charge in [0.1, 0.15) is 95.1 Å². The van der Waals surface area contributed by atoms with E-state index >= 15 is 4.39 Å². The number of halogens is 7. The Labute approximate surface area is 836 Å². The number of nitrogens with zero attached hydrogens (tertiary/aromatic N) is 17. The Hall–Kier alpha value is -13.8. The number of amides is 3. The van der Waals surface area contributed by atoms with Gasteiger partial charge in [-0.25, -0.2) is 28.7 Å². The van der Waals surface area contributed by atoms with Crippen molar-refractivity contribution in [2.75, 3.05) is 87.0 Å². The summed E-state index contributed by atoms with van der Waals surface area (Å²) in [7, 11) is 6.37. The van der Waals surface area contributed by atoms with Crippen LogP contribution >= 0.6 is 57.6 Å². The van der Waals surface area contributed by atoms with Gasteiger partial charge >= 0.3 is 17.9 Å². The Balaban J connectivity index is 0.000000239. The van der Waals surface area contributed by atoms with Gasteiger partial charge in [-0.15, -0.1) is 32.8 Å². The van der Waals surface area contributed by atoms with Crippen molar-refractivity contribution in [3.05, 3.63) is 205 Å². The number of carbonyl (C=O) groups is 6. The molecule has 752 valence electrons. The Morgan fingerprint density at radius 3 is 1.30 bits per heavy atom. The maximum absolute atomic E-state index is 15.4. The molecule has 12 N–H and O–H groups in total. The number of likely N-dealkylation sites (tertiary alicyclic amines) is 1. The first-order valence-corrected chi connectivity index (χ1v) is 46.2. The molecule has 8 aromatic heterocycles. The van der Waals surface area contributed by atoms with Gasteiger partial charge < -0.3 is 86.5 Å². The number of esters is 2. The topological polar surface area (TPSA) is 533 Å². The van der Waals surface area contributed by atoms with E-state index < -0.39 is 132 Å². The molecule has 0 bridgehead atoms. The molecule has 14 rings (SSSR count). The fourth-order valence-corrected chi connectivity index (χ4v) is 16.5. The summed E-state index contributed by atoms with van der Waals surface area (Å²) in [5.74, 6) is -6.64. The number of aliphatic hydroxyl groups is 2. The molecule has 2 fully saturated rings. The summed E-state index contributed by atoms with van der Waals surface area (Å²) in [6.07, 6.45) is 4.58. The molecular weight excluding hydrogens is 2090 g/mol. The van der Waals surface area contributed by atoms with Gasteiger partial charge in [-0.05, 0) is 194 Å². The van der Waals surface area contributed by atoms with Crippen molar-refractivity contribution in [3.8, 4) is 57.1 Å². The second-order valence-electron chi connectivity index (χ2n) is 33.3. The largest absolute Gasteiger partial charge is 0.508 e. The predicted molar refractivity (Wildman–Crippen MR) is 534 cm³/mol. The lowest BCUT2D eigenvalue weighted by Gasteiger charge is -2.37. The number of aryl methyl sites for hydroxylation is 2. The van der Waals surface area contributed by atoms with Crippen LogP contribution in [-0.4, -0.2) is 235 Å². The van der Waals surface area contributed by atoms with Gasteiger partial charge in [-0.3, -0.25) is 75.3 Å². The number of carboxylic acids is 1. The minimum Gasteiger partial charge on any atom is -0.508 e. The summed E-state index contributed by atoms with van der Waals surface area (Å²) < 4.78 is 77.1. The van der Waals surface area contributed by atoms with Gasteiger partial charge in [0.05, 0.1) is 90.0 Å². The van der Waals surface area contributed by atoms with Crippen LogP contribution in [0.3, 0.4) is 0 Å². The van der Waals surface area contributed by atoms with Crippen LogP contribution in [0.5, 0.6) is 23.0 Å². The van der Waals surface area contributed by atoms with Crippen LogP contribution in [0.25, 0.3) is 56.2 Å². The number of pyridine rings is 4. The van der Waals surface area contributed by atoms with E-state index in [4.69, 9.17) is 14.6 Å². The molecule has 2 atom stereocenters. The second kappa shape index (κ2) is 48.4. The molecule has 12 aromatic rings. The third-order valence-corrected chi connectivity index (χ3v) is 24.4. The number of fused-ring (bicyclic) bond motifs is 2. The zero-order chi connectivity index (χ0) is 101. The third kappa shape index (κ3) is 25.5. The number of benzene rings is 4. The number of aliphatic carboxylic acids is 1. The number of carboxylic acid groups (broad SMARTS) is 1. The van der Waals surface area contributed by atoms with Crippen LogP contribution in [0, 0.1) is 30.4 Å². The minimum atomic E-state index is -1.42. The highest BCUT2D eigenvalue weighted by molar-refractivity contribution is 14.1. The van der Waals surface area contributed by atoms with Crippen molar-refractivity contribution >= 4 is 150 Å². The molecule has 0 spiro atoms. The molecule has 3 amide bonds. The zero-order valence-corrected chi connectivity index (χ0v) is 82.5. The number of carbonyl (C=O) groups excluding carboxylic acids is 5. The first-order valence-electron chi connectivity index (χ1n) is 44.0. The van der Waals surface area contributed by atoms with Gasteiger partial charge in [-0.1, -0.05) is 35.1 Å². The SMILES string of the molecule is C.CCNC(=O)c1nnc(-c2cc(C(C)C)c(O)cc2O)n1-c1ccc(N(C)C2CCN(C(=O)CCC(=O)OC[C@H](O)Cn3cnc4c(c(Nc5ccc(I)cc5F)c(F)c(=O)n4C)c3=O)CC2)nc1.CCNC(=O)c1nnc(-c2cc(C(C)C)c(O)cc2O)n1-c1ccc(N(C)C2CCNCC2)nc1.Cl.Cn1c(=O)c(F)c(Nc2ccc(I)cc2F)c2c(=O)n(C[C@@H](O)COC(=O)CCC(=O)O)cnc21. The Morgan fingerprint density at radius 1 is 0.532 bits per heavy atom. The number of aromatic hydroxyl groups is 4. The highest BCUT2D eigenvalue weighted by atomic mass is 127. The number of hydrogen-bond acceptors (Lipinski definition) is 31. The van der Waals surface area contributed by atoms with E-state index in [1.807, 2.05) is 111 Å². The van der Waals surface area contributed by atoms with Crippen molar-refractivity contribution in [2.45, 2.75) is 150 Å². The number of aromatic nitrogens is 14. The summed E-state index contributed by atoms with van der Waals surface area (Å²) in [4.78, 5) is 149. The van der Waals surface area contributed by atoms with E-state index in [2.05, 4.69) is 71.8 Å². The van der Waals surface area contributed by atoms with Crippen molar-refractivity contribution in [1.29, 1.82) is 0 Å². The van der Waals surface area contributed by atoms with Gasteiger partial charge in [0.25, 0.3) is 34.1 Å². The molecule has 0 saturated carbocycles. The van der Waals surface area contributed by atoms with Crippen LogP contribution in [0.4, 0.5) is 51.9 Å². The van der Waals surface area contributed by atoms with Crippen LogP contribution in [0.1, 0.15) is 145 Å². The number of phenolic OH excluding ortho intramolecular Hbond substituents is 4. The summed E-state index contributed by atoms with van der Waals surface area (Å²) in [5, 5.41) is 102. The van der Waals surface area contributed by atoms with E-state index in [1.165, 1.54) is 61.1 Å². The van der Waals surface area contributed by atoms with E-state index in [0.717, 1.165) is 62.7 Å². The Morgan fingerprint density at radius 2 is 0.929 bits per heavy atom. The fourth-order valence-electron chi connectivity index (χ4n) is 15.6. The Bertz CT molecular complexity index is 6880. The summed E-state index contributed by atoms with van der Waals surface area (Å²) in [6.45, 7) is 12.9. The van der Waals surface area contributed by atoms with Gasteiger partial charge in [-0.2, -0.15) is 8.78 Å². The molecule has 48 heteroatoms. The number of piperidine rings is 2. The molecule has 2 aliphatic rings. The predicted octanol–water partition coefficient (Wildman–Crippen LogP) is 9.81. The lowest BCUT2D eigenvalue weighted by Crippen LogP contribution is -2.46. The van der Waals surface area contributed by atoms with Crippen LogP contribution in [-0.2, 0) is 55.8 Å². The molecule has 0 aliphatic carbocycles. The number of phenols is 4. The molecule has 2 saturated heterocycles. The van der Waals surface area contributed by atoms with Gasteiger partial charge in [0.15, 0.2) is 22.9 Å². The second-order valence-corrected chi connectivity index (χ2v) is 35.8. The first-order chi connectivity index (χ1) is 66.2. The number of aliphatic hydroxyl groups excluding tert-OH is 2. The molecule has 2 aliphatic heterocycles. The van der Waals surface area contributed by atoms with E-state index in [-0.39, 0.29) is 148 Å². The van der Waals surface area contributed by atoms with Crippen LogP contribution in [0.15, 0.2) is 129 Å². The number of ether oxygens (including phenoxy) is 2. The molecular formula is C93H107ClF4I2N22O19. The number of hydrogen-bond donors (Lipinski definition) is 12. The average molecular weight is 2200 g/mol. The van der Waals surface area contributed by atoms with Crippen molar-refractivity contribution in [2.24, 2.45) is 14.1 Å². The lowest BCUT2D eigenvalue weighted by molar-refractivity contribution is -0.150. The molecule has 4 aromatic carbocycles. The fraction of sp³-hybridized carbons (Fsp3) is 0.376. The first kappa shape index (κ1) is 109. The van der Waals surface area contributed by atoms with E-state index in [0.29, 0.717) is 86.1 Å².